The van der Waals surface area contributed by atoms with Crippen molar-refractivity contribution in [2.24, 2.45) is 0 Å². The minimum absolute atomic E-state index is 0.136. The minimum Gasteiger partial charge on any atom is -0.493 e. The first-order valence-corrected chi connectivity index (χ1v) is 10.9. The third kappa shape index (κ3) is 3.63. The van der Waals surface area contributed by atoms with Gasteiger partial charge in [-0.1, -0.05) is 30.3 Å². The summed E-state index contributed by atoms with van der Waals surface area (Å²) in [7, 11) is 0. The molecule has 5 nitrogen and oxygen atoms in total. The van der Waals surface area contributed by atoms with Gasteiger partial charge in [0.05, 0.1) is 13.2 Å². The van der Waals surface area contributed by atoms with E-state index in [0.717, 1.165) is 55.8 Å². The Labute approximate surface area is 177 Å². The number of hydrogen-bond donors (Lipinski definition) is 0. The fourth-order valence-corrected chi connectivity index (χ4v) is 5.27. The number of benzene rings is 2. The monoisotopic (exact) mass is 404 g/mol. The molecule has 0 bridgehead atoms. The zero-order chi connectivity index (χ0) is 20.7. The van der Waals surface area contributed by atoms with Crippen LogP contribution in [-0.4, -0.2) is 53.8 Å². The lowest BCUT2D eigenvalue weighted by Crippen LogP contribution is -2.36. The summed E-state index contributed by atoms with van der Waals surface area (Å²) >= 11 is 0. The summed E-state index contributed by atoms with van der Waals surface area (Å²) < 4.78 is 5.65. The molecule has 5 rings (SSSR count). The molecule has 2 aromatic rings. The summed E-state index contributed by atoms with van der Waals surface area (Å²) in [5, 5.41) is 0. The van der Waals surface area contributed by atoms with Crippen LogP contribution in [0.25, 0.3) is 0 Å². The SMILES string of the molecule is CC(=O)CN1CC(c2ccc3c(c2)CCO3)CC1CCN1Cc2ccccc2C1=O. The highest BCUT2D eigenvalue weighted by Gasteiger charge is 2.35. The van der Waals surface area contributed by atoms with Crippen molar-refractivity contribution in [2.45, 2.75) is 44.7 Å². The van der Waals surface area contributed by atoms with E-state index in [1.165, 1.54) is 11.1 Å². The third-order valence-electron chi connectivity index (χ3n) is 6.77. The molecule has 0 saturated carbocycles. The summed E-state index contributed by atoms with van der Waals surface area (Å²) in [4.78, 5) is 28.9. The fraction of sp³-hybridized carbons (Fsp3) is 0.440. The number of hydrogen-bond acceptors (Lipinski definition) is 4. The molecular weight excluding hydrogens is 376 g/mol. The molecule has 0 spiro atoms. The van der Waals surface area contributed by atoms with Crippen molar-refractivity contribution in [1.82, 2.24) is 9.80 Å². The van der Waals surface area contributed by atoms with Crippen molar-refractivity contribution in [2.75, 3.05) is 26.2 Å². The summed E-state index contributed by atoms with van der Waals surface area (Å²) in [5.41, 5.74) is 4.60. The van der Waals surface area contributed by atoms with E-state index in [4.69, 9.17) is 4.74 Å². The normalized spacial score (nSPS) is 22.8. The molecule has 3 heterocycles. The Kier molecular flexibility index (Phi) is 5.07. The first-order valence-electron chi connectivity index (χ1n) is 10.9. The lowest BCUT2D eigenvalue weighted by Gasteiger charge is -2.25. The molecule has 2 aromatic carbocycles. The Morgan fingerprint density at radius 1 is 1.17 bits per heavy atom. The number of Topliss-reactive ketones (excluding diaryl/α,β-unsaturated/α-hetero) is 1. The zero-order valence-corrected chi connectivity index (χ0v) is 17.5. The quantitative estimate of drug-likeness (QED) is 0.740. The standard InChI is InChI=1S/C25H28N2O3/c1-17(28)14-27-16-21(18-6-7-24-19(12-18)9-11-30-24)13-22(27)8-10-26-15-20-4-2-3-5-23(20)25(26)29/h2-7,12,21-22H,8-11,13-16H2,1H3. The van der Waals surface area contributed by atoms with Crippen LogP contribution in [0, 0.1) is 0 Å². The van der Waals surface area contributed by atoms with Gasteiger partial charge >= 0.3 is 0 Å². The predicted molar refractivity (Wildman–Crippen MR) is 115 cm³/mol. The highest BCUT2D eigenvalue weighted by molar-refractivity contribution is 5.98. The van der Waals surface area contributed by atoms with E-state index in [1.807, 2.05) is 29.2 Å². The molecule has 3 aliphatic heterocycles. The fourth-order valence-electron chi connectivity index (χ4n) is 5.27. The molecule has 1 saturated heterocycles. The van der Waals surface area contributed by atoms with Gasteiger partial charge in [0.2, 0.25) is 0 Å². The number of carbonyl (C=O) groups is 2. The van der Waals surface area contributed by atoms with Crippen molar-refractivity contribution in [3.8, 4) is 5.75 Å². The molecule has 1 amide bonds. The average molecular weight is 405 g/mol. The zero-order valence-electron chi connectivity index (χ0n) is 17.5. The second-order valence-electron chi connectivity index (χ2n) is 8.86. The number of fused-ring (bicyclic) bond motifs is 2. The number of rotatable bonds is 6. The van der Waals surface area contributed by atoms with E-state index >= 15 is 0 Å². The van der Waals surface area contributed by atoms with Gasteiger partial charge in [0.1, 0.15) is 11.5 Å². The Bertz CT molecular complexity index is 986. The highest BCUT2D eigenvalue weighted by Crippen LogP contribution is 2.36. The van der Waals surface area contributed by atoms with Gasteiger partial charge in [-0.25, -0.2) is 0 Å². The van der Waals surface area contributed by atoms with Crippen LogP contribution in [0.3, 0.4) is 0 Å². The van der Waals surface area contributed by atoms with Crippen LogP contribution in [0.4, 0.5) is 0 Å². The molecule has 0 aliphatic carbocycles. The number of ether oxygens (including phenoxy) is 1. The largest absolute Gasteiger partial charge is 0.493 e. The second-order valence-corrected chi connectivity index (χ2v) is 8.86. The van der Waals surface area contributed by atoms with Gasteiger partial charge in [-0.2, -0.15) is 0 Å². The lowest BCUT2D eigenvalue weighted by atomic mass is 9.93. The van der Waals surface area contributed by atoms with E-state index in [9.17, 15) is 9.59 Å². The second kappa shape index (κ2) is 7.88. The van der Waals surface area contributed by atoms with Crippen molar-refractivity contribution in [3.05, 3.63) is 64.7 Å². The van der Waals surface area contributed by atoms with Gasteiger partial charge in [0.25, 0.3) is 5.91 Å². The van der Waals surface area contributed by atoms with Crippen LogP contribution in [-0.2, 0) is 17.8 Å². The first kappa shape index (κ1) is 19.3. The molecule has 156 valence electrons. The van der Waals surface area contributed by atoms with Crippen LogP contribution >= 0.6 is 0 Å². The van der Waals surface area contributed by atoms with Crippen LogP contribution < -0.4 is 4.74 Å². The Morgan fingerprint density at radius 2 is 2.03 bits per heavy atom. The first-order chi connectivity index (χ1) is 14.6. The van der Waals surface area contributed by atoms with Crippen LogP contribution in [0.15, 0.2) is 42.5 Å². The van der Waals surface area contributed by atoms with Gasteiger partial charge in [-0.05, 0) is 54.5 Å². The predicted octanol–water partition coefficient (Wildman–Crippen LogP) is 3.41. The minimum atomic E-state index is 0.136. The van der Waals surface area contributed by atoms with Crippen molar-refractivity contribution in [3.63, 3.8) is 0 Å². The topological polar surface area (TPSA) is 49.9 Å². The number of nitrogens with zero attached hydrogens (tertiary/aromatic N) is 2. The average Bonchev–Trinajstić information content (AvgIpc) is 3.43. The maximum absolute atomic E-state index is 12.7. The Balaban J connectivity index is 1.27. The van der Waals surface area contributed by atoms with Crippen molar-refractivity contribution < 1.29 is 14.3 Å². The molecule has 2 atom stereocenters. The van der Waals surface area contributed by atoms with E-state index < -0.39 is 0 Å². The van der Waals surface area contributed by atoms with E-state index in [0.29, 0.717) is 25.0 Å². The van der Waals surface area contributed by atoms with Gasteiger partial charge in [0.15, 0.2) is 0 Å². The molecule has 3 aliphatic rings. The van der Waals surface area contributed by atoms with Gasteiger partial charge in [-0.3, -0.25) is 14.5 Å². The van der Waals surface area contributed by atoms with Crippen LogP contribution in [0.2, 0.25) is 0 Å². The highest BCUT2D eigenvalue weighted by atomic mass is 16.5. The molecule has 0 aromatic heterocycles. The van der Waals surface area contributed by atoms with Crippen molar-refractivity contribution >= 4 is 11.7 Å². The van der Waals surface area contributed by atoms with Crippen molar-refractivity contribution in [1.29, 1.82) is 0 Å². The summed E-state index contributed by atoms with van der Waals surface area (Å²) in [6.45, 7) is 5.26. The maximum Gasteiger partial charge on any atom is 0.254 e. The molecule has 1 fully saturated rings. The number of amides is 1. The Hall–Kier alpha value is -2.66. The van der Waals surface area contributed by atoms with E-state index in [-0.39, 0.29) is 11.7 Å². The van der Waals surface area contributed by atoms with Gasteiger partial charge in [0, 0.05) is 37.7 Å². The summed E-state index contributed by atoms with van der Waals surface area (Å²) in [6.07, 6.45) is 2.91. The van der Waals surface area contributed by atoms with E-state index in [2.05, 4.69) is 23.1 Å². The van der Waals surface area contributed by atoms with E-state index in [1.54, 1.807) is 6.92 Å². The summed E-state index contributed by atoms with van der Waals surface area (Å²) in [6, 6.07) is 14.8. The molecule has 0 N–H and O–H groups in total. The Morgan fingerprint density at radius 3 is 2.87 bits per heavy atom. The number of carbonyl (C=O) groups excluding carboxylic acids is 2. The maximum atomic E-state index is 12.7. The molecule has 30 heavy (non-hydrogen) atoms. The van der Waals surface area contributed by atoms with Gasteiger partial charge < -0.3 is 9.64 Å². The smallest absolute Gasteiger partial charge is 0.254 e. The van der Waals surface area contributed by atoms with Gasteiger partial charge in [-0.15, -0.1) is 0 Å². The molecule has 5 heteroatoms. The molecule has 0 radical (unpaired) electrons. The molecular formula is C25H28N2O3. The molecule has 2 unspecified atom stereocenters. The van der Waals surface area contributed by atoms with Crippen LogP contribution in [0.1, 0.15) is 52.7 Å². The lowest BCUT2D eigenvalue weighted by molar-refractivity contribution is -0.118. The number of likely N-dealkylation sites (tertiary alicyclic amines) is 1. The summed E-state index contributed by atoms with van der Waals surface area (Å²) in [5.74, 6) is 1.78. The third-order valence-corrected chi connectivity index (χ3v) is 6.77. The number of ketones is 1. The van der Waals surface area contributed by atoms with Crippen LogP contribution in [0.5, 0.6) is 5.75 Å².